The SMILES string of the molecule is [Dy].[O]=[Mn](=[O])(=[O])[OH]. The first-order valence-electron chi connectivity index (χ1n) is 0.632. The van der Waals surface area contributed by atoms with Crippen LogP contribution in [0.25, 0.3) is 0 Å². The summed E-state index contributed by atoms with van der Waals surface area (Å²) in [5, 5.41) is 0. The first-order valence-corrected chi connectivity index (χ1v) is 2.61. The standard InChI is InChI=1S/Dy.Mn.H2O.3O/h;;1H2;;;/q;+1;;;;/p-1. The topological polar surface area (TPSA) is 71.4 Å². The molecule has 0 saturated carbocycles. The van der Waals surface area contributed by atoms with Gasteiger partial charge in [-0.25, -0.2) is 0 Å². The Hall–Kier alpha value is 1.15. The van der Waals surface area contributed by atoms with E-state index in [1.165, 1.54) is 0 Å². The van der Waals surface area contributed by atoms with Gasteiger partial charge in [-0.2, -0.15) is 0 Å². The van der Waals surface area contributed by atoms with Crippen molar-refractivity contribution in [1.29, 1.82) is 0 Å². The molecule has 0 spiro atoms. The van der Waals surface area contributed by atoms with Gasteiger partial charge in [0.25, 0.3) is 0 Å². The molecule has 0 atom stereocenters. The van der Waals surface area contributed by atoms with Crippen LogP contribution >= 0.6 is 0 Å². The molecule has 0 amide bonds. The van der Waals surface area contributed by atoms with E-state index in [-0.39, 0.29) is 38.2 Å². The summed E-state index contributed by atoms with van der Waals surface area (Å²) in [7, 11) is 0. The molecule has 0 fully saturated rings. The zero-order chi connectivity index (χ0) is 4.50. The van der Waals surface area contributed by atoms with E-state index in [0.717, 1.165) is 0 Å². The van der Waals surface area contributed by atoms with Crippen LogP contribution in [0.3, 0.4) is 0 Å². The second kappa shape index (κ2) is 3.19. The zero-order valence-corrected chi connectivity index (χ0v) is 5.58. The van der Waals surface area contributed by atoms with Crippen LogP contribution < -0.4 is 0 Å². The number of hydrogen-bond acceptors (Lipinski definition) is 3. The molecule has 6 heteroatoms. The van der Waals surface area contributed by atoms with Crippen molar-refractivity contribution in [2.45, 2.75) is 0 Å². The predicted octanol–water partition coefficient (Wildman–Crippen LogP) is -0.916. The van der Waals surface area contributed by atoms with Gasteiger partial charge >= 0.3 is 28.7 Å². The van der Waals surface area contributed by atoms with Crippen molar-refractivity contribution in [2.75, 3.05) is 0 Å². The first-order chi connectivity index (χ1) is 2.00. The van der Waals surface area contributed by atoms with Crippen molar-refractivity contribution < 1.29 is 66.8 Å². The Morgan fingerprint density at radius 1 is 1.17 bits per heavy atom. The molecule has 0 bridgehead atoms. The molecular formula is HDyMnO4. The van der Waals surface area contributed by atoms with Gasteiger partial charge in [-0.15, -0.1) is 0 Å². The second-order valence-corrected chi connectivity index (χ2v) is 1.63. The van der Waals surface area contributed by atoms with Gasteiger partial charge in [0.1, 0.15) is 0 Å². The van der Waals surface area contributed by atoms with Crippen molar-refractivity contribution in [3.8, 4) is 0 Å². The van der Waals surface area contributed by atoms with Crippen LogP contribution in [0.1, 0.15) is 0 Å². The molecule has 0 unspecified atom stereocenters. The van der Waals surface area contributed by atoms with E-state index in [2.05, 4.69) is 0 Å². The molecule has 0 aromatic rings. The van der Waals surface area contributed by atoms with Crippen molar-refractivity contribution in [3.05, 3.63) is 0 Å². The van der Waals surface area contributed by atoms with E-state index < -0.39 is 13.0 Å². The Morgan fingerprint density at radius 2 is 1.17 bits per heavy atom. The van der Waals surface area contributed by atoms with E-state index in [4.69, 9.17) is 15.7 Å². The van der Waals surface area contributed by atoms with Crippen molar-refractivity contribution in [3.63, 3.8) is 0 Å². The Bertz CT molecular complexity index is 129. The molecule has 4 nitrogen and oxygen atoms in total. The van der Waals surface area contributed by atoms with Crippen LogP contribution in [0.5, 0.6) is 0 Å². The Balaban J connectivity index is 0. The van der Waals surface area contributed by atoms with Crippen LogP contribution in [-0.2, 0) is 24.5 Å². The van der Waals surface area contributed by atoms with E-state index in [1.54, 1.807) is 0 Å². The molecule has 0 aromatic heterocycles. The maximum absolute atomic E-state index is 8.69. The van der Waals surface area contributed by atoms with E-state index in [1.807, 2.05) is 0 Å². The molecule has 0 aliphatic carbocycles. The molecule has 0 radical (unpaired) electrons. The van der Waals surface area contributed by atoms with Gasteiger partial charge in [-0.1, -0.05) is 0 Å². The third-order valence-electron chi connectivity index (χ3n) is 0. The predicted molar refractivity (Wildman–Crippen MR) is 4.28 cm³/mol. The average molecular weight is 282 g/mol. The third kappa shape index (κ3) is 66.9. The van der Waals surface area contributed by atoms with Gasteiger partial charge in [0.2, 0.25) is 0 Å². The van der Waals surface area contributed by atoms with E-state index in [0.29, 0.717) is 0 Å². The van der Waals surface area contributed by atoms with Gasteiger partial charge in [0.15, 0.2) is 0 Å². The zero-order valence-electron chi connectivity index (χ0n) is 2.37. The van der Waals surface area contributed by atoms with E-state index in [9.17, 15) is 0 Å². The minimum absolute atomic E-state index is 0. The fourth-order valence-corrected chi connectivity index (χ4v) is 0. The van der Waals surface area contributed by atoms with E-state index >= 15 is 0 Å². The summed E-state index contributed by atoms with van der Waals surface area (Å²) in [5.74, 6) is 0. The summed E-state index contributed by atoms with van der Waals surface area (Å²) in [4.78, 5) is 0. The third-order valence-corrected chi connectivity index (χ3v) is 0. The fraction of sp³-hybridized carbons (Fsp3) is 0. The van der Waals surface area contributed by atoms with Crippen LogP contribution in [0.15, 0.2) is 0 Å². The Labute approximate surface area is 66.1 Å². The van der Waals surface area contributed by atoms with Crippen LogP contribution in [0, 0.1) is 38.2 Å². The Kier molecular flexibility index (Phi) is 5.43. The van der Waals surface area contributed by atoms with Gasteiger partial charge in [0, 0.05) is 38.2 Å². The summed E-state index contributed by atoms with van der Waals surface area (Å²) in [6.45, 7) is 0. The first kappa shape index (κ1) is 10.2. The number of rotatable bonds is 0. The molecular weight excluding hydrogens is 281 g/mol. The molecule has 1 N–H and O–H groups in total. The molecule has 0 heterocycles. The monoisotopic (exact) mass is 284 g/mol. The number of hydrogen-bond donors (Lipinski definition) is 1. The molecule has 0 aliphatic heterocycles. The summed E-state index contributed by atoms with van der Waals surface area (Å²) in [6, 6.07) is 0. The Morgan fingerprint density at radius 3 is 1.17 bits per heavy atom. The maximum atomic E-state index is 8.69. The fourth-order valence-electron chi connectivity index (χ4n) is 0. The molecule has 6 heavy (non-hydrogen) atoms. The van der Waals surface area contributed by atoms with Gasteiger partial charge < -0.3 is 0 Å². The summed E-state index contributed by atoms with van der Waals surface area (Å²) >= 11 is -5.38. The van der Waals surface area contributed by atoms with Crippen LogP contribution in [-0.4, -0.2) is 4.19 Å². The van der Waals surface area contributed by atoms with Crippen LogP contribution in [0.4, 0.5) is 0 Å². The summed E-state index contributed by atoms with van der Waals surface area (Å²) in [6.07, 6.45) is 0. The minimum atomic E-state index is -5.38. The van der Waals surface area contributed by atoms with Gasteiger partial charge in [0.05, 0.1) is 0 Å². The van der Waals surface area contributed by atoms with Crippen molar-refractivity contribution in [2.24, 2.45) is 0 Å². The molecule has 0 aromatic carbocycles. The van der Waals surface area contributed by atoms with Crippen molar-refractivity contribution >= 4 is 0 Å². The molecule has 42 valence electrons. The van der Waals surface area contributed by atoms with Gasteiger partial charge in [-0.05, 0) is 0 Å². The molecule has 0 saturated heterocycles. The second-order valence-electron chi connectivity index (χ2n) is 0.396. The molecule has 0 aliphatic rings. The van der Waals surface area contributed by atoms with Gasteiger partial charge in [-0.3, -0.25) is 0 Å². The molecule has 0 rings (SSSR count). The van der Waals surface area contributed by atoms with Crippen LogP contribution in [0.2, 0.25) is 0 Å². The summed E-state index contributed by atoms with van der Waals surface area (Å²) in [5.41, 5.74) is 0. The summed E-state index contributed by atoms with van der Waals surface area (Å²) < 4.78 is 33.1. The normalized spacial score (nSPS) is 9.50. The quantitative estimate of drug-likeness (QED) is 0.584. The average Bonchev–Trinajstić information content (AvgIpc) is 0.722. The van der Waals surface area contributed by atoms with Crippen molar-refractivity contribution in [1.82, 2.24) is 0 Å².